The van der Waals surface area contributed by atoms with Crippen molar-refractivity contribution in [1.29, 1.82) is 0 Å². The minimum absolute atomic E-state index is 0.653. The number of hydrogen-bond acceptors (Lipinski definition) is 1. The lowest BCUT2D eigenvalue weighted by molar-refractivity contribution is 0.866. The number of benzene rings is 2. The van der Waals surface area contributed by atoms with E-state index < -0.39 is 0 Å². The molecule has 0 saturated carbocycles. The summed E-state index contributed by atoms with van der Waals surface area (Å²) in [4.78, 5) is 4.30. The van der Waals surface area contributed by atoms with Crippen molar-refractivity contribution in [1.82, 2.24) is 4.98 Å². The van der Waals surface area contributed by atoms with Gasteiger partial charge in [-0.1, -0.05) is 86.2 Å². The van der Waals surface area contributed by atoms with Gasteiger partial charge >= 0.3 is 0 Å². The minimum Gasteiger partial charge on any atom is -0.256 e. The Bertz CT molecular complexity index is 782. The van der Waals surface area contributed by atoms with Gasteiger partial charge in [-0.25, -0.2) is 0 Å². The molecule has 0 fully saturated rings. The van der Waals surface area contributed by atoms with E-state index in [0.717, 1.165) is 16.8 Å². The summed E-state index contributed by atoms with van der Waals surface area (Å²) >= 11 is 0. The fourth-order valence-electron chi connectivity index (χ4n) is 2.41. The third-order valence-corrected chi connectivity index (χ3v) is 4.08. The van der Waals surface area contributed by atoms with Gasteiger partial charge in [-0.2, -0.15) is 0 Å². The van der Waals surface area contributed by atoms with Crippen LogP contribution in [0.15, 0.2) is 79.5 Å². The smallest absolute Gasteiger partial charge is 0.0701 e. The zero-order valence-corrected chi connectivity index (χ0v) is 15.7. The van der Waals surface area contributed by atoms with E-state index in [1.165, 1.54) is 16.7 Å². The number of nitrogens with zero attached hydrogens (tertiary/aromatic N) is 1. The maximum Gasteiger partial charge on any atom is 0.0701 e. The van der Waals surface area contributed by atoms with Crippen molar-refractivity contribution in [2.24, 2.45) is 0 Å². The lowest BCUT2D eigenvalue weighted by Gasteiger charge is -2.03. The normalized spacial score (nSPS) is 10.1. The van der Waals surface area contributed by atoms with Crippen LogP contribution in [0.5, 0.6) is 0 Å². The molecule has 0 amide bonds. The largest absolute Gasteiger partial charge is 0.256 e. The molecule has 1 nitrogen and oxygen atoms in total. The molecule has 3 aromatic rings. The molecule has 0 radical (unpaired) electrons. The topological polar surface area (TPSA) is 12.9 Å². The summed E-state index contributed by atoms with van der Waals surface area (Å²) in [6.07, 6.45) is 1.81. The molecule has 0 aliphatic rings. The first-order valence-corrected chi connectivity index (χ1v) is 8.71. The molecule has 0 aliphatic carbocycles. The second kappa shape index (κ2) is 8.98. The van der Waals surface area contributed by atoms with Crippen LogP contribution in [0.4, 0.5) is 0 Å². The Labute approximate surface area is 152 Å². The minimum atomic E-state index is 0.653. The maximum atomic E-state index is 4.30. The van der Waals surface area contributed by atoms with Crippen LogP contribution < -0.4 is 0 Å². The van der Waals surface area contributed by atoms with E-state index in [1.54, 1.807) is 0 Å². The van der Waals surface area contributed by atoms with E-state index in [1.807, 2.05) is 31.3 Å². The number of rotatable bonds is 3. The molecule has 25 heavy (non-hydrogen) atoms. The van der Waals surface area contributed by atoms with Crippen LogP contribution in [0, 0.1) is 6.92 Å². The highest BCUT2D eigenvalue weighted by molar-refractivity contribution is 5.66. The second-order valence-electron chi connectivity index (χ2n) is 6.64. The monoisotopic (exact) mass is 329 g/mol. The summed E-state index contributed by atoms with van der Waals surface area (Å²) in [5, 5.41) is 0. The van der Waals surface area contributed by atoms with Crippen LogP contribution in [-0.2, 0) is 0 Å². The van der Waals surface area contributed by atoms with E-state index in [9.17, 15) is 0 Å². The molecule has 0 aliphatic heterocycles. The highest BCUT2D eigenvalue weighted by atomic mass is 14.7. The Hall–Kier alpha value is -2.67. The van der Waals surface area contributed by atoms with Crippen LogP contribution in [-0.4, -0.2) is 4.98 Å². The molecule has 2 aromatic carbocycles. The molecular formula is C24H27N. The molecule has 0 spiro atoms. The van der Waals surface area contributed by atoms with E-state index in [4.69, 9.17) is 0 Å². The molecule has 128 valence electrons. The molecule has 0 atom stereocenters. The Morgan fingerprint density at radius 1 is 0.880 bits per heavy atom. The molecule has 1 aromatic heterocycles. The Balaban J connectivity index is 0.000000196. The average Bonchev–Trinajstić information content (AvgIpc) is 2.63. The summed E-state index contributed by atoms with van der Waals surface area (Å²) in [5.74, 6) is 0.653. The summed E-state index contributed by atoms with van der Waals surface area (Å²) < 4.78 is 0. The molecule has 1 heterocycles. The van der Waals surface area contributed by atoms with Crippen molar-refractivity contribution in [3.8, 4) is 11.3 Å². The van der Waals surface area contributed by atoms with E-state index in [-0.39, 0.29) is 0 Å². The van der Waals surface area contributed by atoms with Crippen LogP contribution in [0.2, 0.25) is 0 Å². The van der Waals surface area contributed by atoms with Crippen LogP contribution >= 0.6 is 0 Å². The number of aromatic nitrogens is 1. The second-order valence-corrected chi connectivity index (χ2v) is 6.64. The lowest BCUT2D eigenvalue weighted by Crippen LogP contribution is -1.85. The zero-order valence-electron chi connectivity index (χ0n) is 15.7. The van der Waals surface area contributed by atoms with Crippen molar-refractivity contribution in [3.63, 3.8) is 0 Å². The maximum absolute atomic E-state index is 4.30. The van der Waals surface area contributed by atoms with Gasteiger partial charge in [0.15, 0.2) is 0 Å². The van der Waals surface area contributed by atoms with Crippen molar-refractivity contribution >= 4 is 5.57 Å². The van der Waals surface area contributed by atoms with Gasteiger partial charge < -0.3 is 0 Å². The first-order chi connectivity index (χ1) is 12.0. The molecule has 0 unspecified atom stereocenters. The van der Waals surface area contributed by atoms with Crippen LogP contribution in [0.25, 0.3) is 16.8 Å². The van der Waals surface area contributed by atoms with Gasteiger partial charge in [-0.15, -0.1) is 0 Å². The Morgan fingerprint density at radius 3 is 2.00 bits per heavy atom. The number of hydrogen-bond donors (Lipinski definition) is 0. The van der Waals surface area contributed by atoms with Crippen LogP contribution in [0.1, 0.15) is 43.4 Å². The molecule has 3 rings (SSSR count). The van der Waals surface area contributed by atoms with Gasteiger partial charge in [0, 0.05) is 11.8 Å². The quantitative estimate of drug-likeness (QED) is 0.509. The van der Waals surface area contributed by atoms with Gasteiger partial charge in [0.05, 0.1) is 5.69 Å². The number of pyridine rings is 1. The lowest BCUT2D eigenvalue weighted by atomic mass is 10.0. The third kappa shape index (κ3) is 5.72. The van der Waals surface area contributed by atoms with Gasteiger partial charge in [0.25, 0.3) is 0 Å². The SMILES string of the molecule is C=C(C)c1ccc(-c2ccccn2)cc1.Cc1ccc(C(C)C)cc1. The Morgan fingerprint density at radius 2 is 1.52 bits per heavy atom. The zero-order chi connectivity index (χ0) is 18.2. The molecule has 0 N–H and O–H groups in total. The molecule has 0 saturated heterocycles. The number of allylic oxidation sites excluding steroid dienone is 1. The fourth-order valence-corrected chi connectivity index (χ4v) is 2.41. The average molecular weight is 329 g/mol. The van der Waals surface area contributed by atoms with E-state index in [0.29, 0.717) is 5.92 Å². The van der Waals surface area contributed by atoms with Gasteiger partial charge in [-0.3, -0.25) is 4.98 Å². The first-order valence-electron chi connectivity index (χ1n) is 8.71. The van der Waals surface area contributed by atoms with Gasteiger partial charge in [-0.05, 0) is 43.0 Å². The fraction of sp³-hybridized carbons (Fsp3) is 0.208. The standard InChI is InChI=1S/C14H13N.C10H14/c1-11(2)12-6-8-13(9-7-12)14-5-3-4-10-15-14;1-8(2)10-6-4-9(3)5-7-10/h3-10H,1H2,2H3;4-8H,1-3H3. The summed E-state index contributed by atoms with van der Waals surface area (Å²) in [7, 11) is 0. The highest BCUT2D eigenvalue weighted by Gasteiger charge is 1.98. The summed E-state index contributed by atoms with van der Waals surface area (Å²) in [6.45, 7) is 12.5. The van der Waals surface area contributed by atoms with E-state index >= 15 is 0 Å². The number of aryl methyl sites for hydroxylation is 1. The van der Waals surface area contributed by atoms with Crippen molar-refractivity contribution in [2.75, 3.05) is 0 Å². The van der Waals surface area contributed by atoms with Gasteiger partial charge in [0.1, 0.15) is 0 Å². The van der Waals surface area contributed by atoms with Gasteiger partial charge in [0.2, 0.25) is 0 Å². The first kappa shape index (κ1) is 18.7. The van der Waals surface area contributed by atoms with Crippen molar-refractivity contribution < 1.29 is 0 Å². The van der Waals surface area contributed by atoms with Crippen molar-refractivity contribution in [2.45, 2.75) is 33.6 Å². The molecule has 0 bridgehead atoms. The predicted octanol–water partition coefficient (Wildman–Crippen LogP) is 6.90. The molecular weight excluding hydrogens is 302 g/mol. The summed E-state index contributed by atoms with van der Waals surface area (Å²) in [6, 6.07) is 22.9. The van der Waals surface area contributed by atoms with Crippen molar-refractivity contribution in [3.05, 3.63) is 96.2 Å². The molecule has 1 heteroatoms. The highest BCUT2D eigenvalue weighted by Crippen LogP contribution is 2.19. The third-order valence-electron chi connectivity index (χ3n) is 4.08. The van der Waals surface area contributed by atoms with Crippen LogP contribution in [0.3, 0.4) is 0 Å². The Kier molecular flexibility index (Phi) is 6.71. The summed E-state index contributed by atoms with van der Waals surface area (Å²) in [5.41, 5.74) is 7.17. The predicted molar refractivity (Wildman–Crippen MR) is 110 cm³/mol. The van der Waals surface area contributed by atoms with E-state index in [2.05, 4.69) is 80.9 Å².